The summed E-state index contributed by atoms with van der Waals surface area (Å²) in [4.78, 5) is 0. The Morgan fingerprint density at radius 3 is 2.50 bits per heavy atom. The molecule has 0 saturated heterocycles. The van der Waals surface area contributed by atoms with Gasteiger partial charge in [0, 0.05) is 11.8 Å². The first-order valence-electron chi connectivity index (χ1n) is 6.61. The maximum atomic E-state index is 12.1. The molecule has 1 aromatic rings. The molecule has 0 saturated carbocycles. The van der Waals surface area contributed by atoms with E-state index < -0.39 is 7.60 Å². The molecule has 0 aliphatic rings. The molecule has 0 aliphatic heterocycles. The van der Waals surface area contributed by atoms with E-state index in [9.17, 15) is 4.57 Å². The smallest absolute Gasteiger partial charge is 0.334 e. The van der Waals surface area contributed by atoms with Crippen molar-refractivity contribution in [1.82, 2.24) is 0 Å². The number of allylic oxidation sites excluding steroid dienone is 1. The molecular weight excluding hydrogens is 277 g/mol. The minimum Gasteiger partial charge on any atom is -0.489 e. The highest BCUT2D eigenvalue weighted by molar-refractivity contribution is 7.54. The second-order valence-electron chi connectivity index (χ2n) is 3.98. The van der Waals surface area contributed by atoms with Gasteiger partial charge in [-0.15, -0.1) is 0 Å². The van der Waals surface area contributed by atoms with Crippen LogP contribution in [-0.2, 0) is 13.6 Å². The van der Waals surface area contributed by atoms with Gasteiger partial charge in [0.25, 0.3) is 0 Å². The van der Waals surface area contributed by atoms with Gasteiger partial charge >= 0.3 is 7.60 Å². The number of nitrogens with two attached hydrogens (primary N) is 1. The van der Waals surface area contributed by atoms with Crippen molar-refractivity contribution in [2.24, 2.45) is 0 Å². The van der Waals surface area contributed by atoms with Gasteiger partial charge in [-0.05, 0) is 26.0 Å². The first-order chi connectivity index (χ1) is 9.59. The first-order valence-corrected chi connectivity index (χ1v) is 8.34. The molecule has 0 heterocycles. The summed E-state index contributed by atoms with van der Waals surface area (Å²) in [6.45, 7) is 4.69. The fourth-order valence-corrected chi connectivity index (χ4v) is 3.04. The van der Waals surface area contributed by atoms with Gasteiger partial charge < -0.3 is 19.5 Å². The van der Waals surface area contributed by atoms with Gasteiger partial charge in [0.1, 0.15) is 12.4 Å². The molecule has 1 aromatic carbocycles. The maximum absolute atomic E-state index is 12.1. The van der Waals surface area contributed by atoms with E-state index in [1.54, 1.807) is 38.1 Å². The molecule has 2 N–H and O–H groups in total. The molecule has 0 amide bonds. The van der Waals surface area contributed by atoms with Crippen LogP contribution in [0, 0.1) is 0 Å². The van der Waals surface area contributed by atoms with Crippen LogP contribution in [0.4, 0.5) is 5.69 Å². The zero-order valence-corrected chi connectivity index (χ0v) is 12.8. The molecule has 0 atom stereocenters. The quantitative estimate of drug-likeness (QED) is 0.429. The van der Waals surface area contributed by atoms with Crippen molar-refractivity contribution in [3.8, 4) is 5.75 Å². The summed E-state index contributed by atoms with van der Waals surface area (Å²) >= 11 is 0. The fraction of sp³-hybridized carbons (Fsp3) is 0.429. The lowest BCUT2D eigenvalue weighted by molar-refractivity contribution is 0.222. The molecule has 112 valence electrons. The third kappa shape index (κ3) is 6.24. The number of ether oxygens (including phenoxy) is 1. The summed E-state index contributed by atoms with van der Waals surface area (Å²) in [7, 11) is -3.00. The summed E-state index contributed by atoms with van der Waals surface area (Å²) in [6.07, 6.45) is 3.78. The van der Waals surface area contributed by atoms with E-state index in [0.717, 1.165) is 0 Å². The van der Waals surface area contributed by atoms with Gasteiger partial charge in [-0.1, -0.05) is 18.2 Å². The topological polar surface area (TPSA) is 70.8 Å². The van der Waals surface area contributed by atoms with Gasteiger partial charge in [0.05, 0.1) is 19.4 Å². The number of hydrogen-bond acceptors (Lipinski definition) is 5. The van der Waals surface area contributed by atoms with Crippen molar-refractivity contribution in [3.63, 3.8) is 0 Å². The Morgan fingerprint density at radius 2 is 1.90 bits per heavy atom. The van der Waals surface area contributed by atoms with E-state index >= 15 is 0 Å². The van der Waals surface area contributed by atoms with Gasteiger partial charge in [0.2, 0.25) is 0 Å². The largest absolute Gasteiger partial charge is 0.489 e. The van der Waals surface area contributed by atoms with E-state index in [1.165, 1.54) is 0 Å². The number of hydrogen-bond donors (Lipinski definition) is 1. The first kappa shape index (κ1) is 16.8. The molecule has 0 bridgehead atoms. The number of benzene rings is 1. The highest BCUT2D eigenvalue weighted by Crippen LogP contribution is 2.47. The molecule has 0 radical (unpaired) electrons. The summed E-state index contributed by atoms with van der Waals surface area (Å²) < 4.78 is 28.0. The second kappa shape index (κ2) is 8.80. The van der Waals surface area contributed by atoms with E-state index in [4.69, 9.17) is 19.5 Å². The standard InChI is InChI=1S/C14H22NO4P/c1-3-18-20(16,19-4-2)11-6-5-10-17-14-9-7-8-13(15)12-14/h5-9,12H,3-4,10-11,15H2,1-2H3. The van der Waals surface area contributed by atoms with Crippen LogP contribution in [0.1, 0.15) is 13.8 Å². The van der Waals surface area contributed by atoms with Crippen LogP contribution < -0.4 is 10.5 Å². The lowest BCUT2D eigenvalue weighted by Gasteiger charge is -2.14. The lowest BCUT2D eigenvalue weighted by Crippen LogP contribution is -1.99. The van der Waals surface area contributed by atoms with Crippen LogP contribution >= 0.6 is 7.60 Å². The Bertz CT molecular complexity index is 466. The number of anilines is 1. The molecule has 0 aromatic heterocycles. The molecule has 0 aliphatic carbocycles. The normalized spacial score (nSPS) is 11.9. The highest BCUT2D eigenvalue weighted by atomic mass is 31.2. The minimum absolute atomic E-state index is 0.245. The zero-order valence-electron chi connectivity index (χ0n) is 12.0. The highest BCUT2D eigenvalue weighted by Gasteiger charge is 2.20. The SMILES string of the molecule is CCOP(=O)(CC=CCOc1cccc(N)c1)OCC. The summed E-state index contributed by atoms with van der Waals surface area (Å²) in [5, 5.41) is 0. The molecule has 0 fully saturated rings. The Hall–Kier alpha value is -1.29. The number of nitrogen functional groups attached to an aromatic ring is 1. The van der Waals surface area contributed by atoms with E-state index in [0.29, 0.717) is 31.3 Å². The third-order valence-corrected chi connectivity index (χ3v) is 4.31. The summed E-state index contributed by atoms with van der Waals surface area (Å²) in [5.41, 5.74) is 6.30. The van der Waals surface area contributed by atoms with Crippen LogP contribution in [0.15, 0.2) is 36.4 Å². The van der Waals surface area contributed by atoms with Gasteiger partial charge in [-0.25, -0.2) is 0 Å². The Labute approximate surface area is 120 Å². The zero-order chi connectivity index (χ0) is 14.8. The average molecular weight is 299 g/mol. The fourth-order valence-electron chi connectivity index (χ4n) is 1.56. The van der Waals surface area contributed by atoms with Crippen LogP contribution in [0.2, 0.25) is 0 Å². The molecule has 0 unspecified atom stereocenters. The predicted octanol–water partition coefficient (Wildman–Crippen LogP) is 3.47. The van der Waals surface area contributed by atoms with Crippen molar-refractivity contribution in [3.05, 3.63) is 36.4 Å². The van der Waals surface area contributed by atoms with Gasteiger partial charge in [-0.3, -0.25) is 4.57 Å². The minimum atomic E-state index is -3.00. The molecule has 20 heavy (non-hydrogen) atoms. The molecular formula is C14H22NO4P. The van der Waals surface area contributed by atoms with Crippen LogP contribution in [-0.4, -0.2) is 26.0 Å². The third-order valence-electron chi connectivity index (χ3n) is 2.35. The van der Waals surface area contributed by atoms with Crippen LogP contribution in [0.25, 0.3) is 0 Å². The Morgan fingerprint density at radius 1 is 1.20 bits per heavy atom. The van der Waals surface area contributed by atoms with E-state index in [-0.39, 0.29) is 6.16 Å². The molecule has 1 rings (SSSR count). The monoisotopic (exact) mass is 299 g/mol. The Kier molecular flexibility index (Phi) is 7.37. The van der Waals surface area contributed by atoms with Crippen molar-refractivity contribution < 1.29 is 18.3 Å². The summed E-state index contributed by atoms with van der Waals surface area (Å²) in [5.74, 6) is 0.701. The lowest BCUT2D eigenvalue weighted by atomic mass is 10.3. The average Bonchev–Trinajstić information content (AvgIpc) is 2.39. The molecule has 6 heteroatoms. The van der Waals surface area contributed by atoms with Crippen molar-refractivity contribution in [2.45, 2.75) is 13.8 Å². The second-order valence-corrected chi connectivity index (χ2v) is 6.09. The number of rotatable bonds is 9. The van der Waals surface area contributed by atoms with Gasteiger partial charge in [0.15, 0.2) is 0 Å². The van der Waals surface area contributed by atoms with Crippen molar-refractivity contribution in [1.29, 1.82) is 0 Å². The van der Waals surface area contributed by atoms with Crippen molar-refractivity contribution >= 4 is 13.3 Å². The van der Waals surface area contributed by atoms with Gasteiger partial charge in [-0.2, -0.15) is 0 Å². The predicted molar refractivity (Wildman–Crippen MR) is 81.2 cm³/mol. The van der Waals surface area contributed by atoms with E-state index in [2.05, 4.69) is 0 Å². The van der Waals surface area contributed by atoms with Crippen molar-refractivity contribution in [2.75, 3.05) is 31.7 Å². The van der Waals surface area contributed by atoms with E-state index in [1.807, 2.05) is 12.1 Å². The molecule has 0 spiro atoms. The van der Waals surface area contributed by atoms with Crippen LogP contribution in [0.3, 0.4) is 0 Å². The molecule has 5 nitrogen and oxygen atoms in total. The van der Waals surface area contributed by atoms with Crippen LogP contribution in [0.5, 0.6) is 5.75 Å². The Balaban J connectivity index is 2.39. The maximum Gasteiger partial charge on any atom is 0.334 e. The summed E-state index contributed by atoms with van der Waals surface area (Å²) in [6, 6.07) is 7.20.